The number of nitrogens with zero attached hydrogens (tertiary/aromatic N) is 3. The summed E-state index contributed by atoms with van der Waals surface area (Å²) in [7, 11) is 0. The molecule has 0 saturated carbocycles. The molecule has 144 valence electrons. The van der Waals surface area contributed by atoms with Crippen LogP contribution in [0.15, 0.2) is 79.0 Å². The number of rotatable bonds is 6. The second-order valence-corrected chi connectivity index (χ2v) is 5.95. The average Bonchev–Trinajstić information content (AvgIpc) is 2.73. The summed E-state index contributed by atoms with van der Waals surface area (Å²) in [5.74, 6) is 0.287. The van der Waals surface area contributed by atoms with E-state index < -0.39 is 11.6 Å². The van der Waals surface area contributed by atoms with Crippen LogP contribution in [0.3, 0.4) is 0 Å². The van der Waals surface area contributed by atoms with Crippen molar-refractivity contribution in [3.8, 4) is 11.5 Å². The van der Waals surface area contributed by atoms with Crippen molar-refractivity contribution in [1.29, 1.82) is 0 Å². The molecule has 8 heteroatoms. The summed E-state index contributed by atoms with van der Waals surface area (Å²) in [6.45, 7) is 0. The lowest BCUT2D eigenvalue weighted by molar-refractivity contribution is 0.485. The van der Waals surface area contributed by atoms with E-state index in [2.05, 4.69) is 25.8 Å². The van der Waals surface area contributed by atoms with Crippen molar-refractivity contribution in [2.24, 2.45) is 0 Å². The van der Waals surface area contributed by atoms with E-state index in [0.717, 1.165) is 12.1 Å². The van der Waals surface area contributed by atoms with E-state index in [0.29, 0.717) is 23.0 Å². The topological polar surface area (TPSA) is 72.0 Å². The highest BCUT2D eigenvalue weighted by molar-refractivity contribution is 5.65. The Labute approximate surface area is 165 Å². The van der Waals surface area contributed by atoms with Crippen LogP contribution in [-0.2, 0) is 0 Å². The zero-order valence-corrected chi connectivity index (χ0v) is 15.0. The number of hydrogen-bond donors (Lipinski definition) is 2. The second kappa shape index (κ2) is 8.30. The largest absolute Gasteiger partial charge is 0.455 e. The van der Waals surface area contributed by atoms with E-state index in [1.165, 1.54) is 12.3 Å². The summed E-state index contributed by atoms with van der Waals surface area (Å²) in [6.07, 6.45) is 1.42. The molecule has 0 bridgehead atoms. The van der Waals surface area contributed by atoms with Gasteiger partial charge in [-0.05, 0) is 36.4 Å². The lowest BCUT2D eigenvalue weighted by atomic mass is 10.3. The number of hydrogen-bond acceptors (Lipinski definition) is 6. The maximum Gasteiger partial charge on any atom is 0.249 e. The molecule has 4 aromatic rings. The first-order valence-corrected chi connectivity index (χ1v) is 8.68. The third-order valence-electron chi connectivity index (χ3n) is 3.86. The van der Waals surface area contributed by atoms with Crippen molar-refractivity contribution in [1.82, 2.24) is 15.2 Å². The summed E-state index contributed by atoms with van der Waals surface area (Å²) in [5.41, 5.74) is 0.703. The van der Waals surface area contributed by atoms with Crippen LogP contribution in [0, 0.1) is 11.6 Å². The average molecular weight is 391 g/mol. The predicted molar refractivity (Wildman–Crippen MR) is 106 cm³/mol. The molecule has 0 aliphatic heterocycles. The summed E-state index contributed by atoms with van der Waals surface area (Å²) >= 11 is 0. The van der Waals surface area contributed by atoms with E-state index in [1.54, 1.807) is 0 Å². The molecule has 29 heavy (non-hydrogen) atoms. The van der Waals surface area contributed by atoms with Crippen molar-refractivity contribution in [2.75, 3.05) is 10.6 Å². The summed E-state index contributed by atoms with van der Waals surface area (Å²) in [6, 6.07) is 19.9. The van der Waals surface area contributed by atoms with Crippen LogP contribution in [-0.4, -0.2) is 15.2 Å². The number of para-hydroxylation sites is 3. The second-order valence-electron chi connectivity index (χ2n) is 5.95. The van der Waals surface area contributed by atoms with Gasteiger partial charge >= 0.3 is 0 Å². The van der Waals surface area contributed by atoms with Gasteiger partial charge in [-0.1, -0.05) is 30.3 Å². The number of aromatic nitrogens is 3. The minimum Gasteiger partial charge on any atom is -0.455 e. The van der Waals surface area contributed by atoms with Gasteiger partial charge in [0, 0.05) is 6.07 Å². The van der Waals surface area contributed by atoms with Crippen LogP contribution in [0.2, 0.25) is 0 Å². The maximum absolute atomic E-state index is 13.8. The first-order chi connectivity index (χ1) is 14.2. The van der Waals surface area contributed by atoms with Gasteiger partial charge in [0.15, 0.2) is 11.6 Å². The van der Waals surface area contributed by atoms with Crippen LogP contribution in [0.25, 0.3) is 0 Å². The van der Waals surface area contributed by atoms with Gasteiger partial charge in [0.2, 0.25) is 5.95 Å². The number of ether oxygens (including phenoxy) is 1. The molecule has 3 aromatic carbocycles. The molecule has 0 aliphatic rings. The number of nitrogens with one attached hydrogen (secondary N) is 2. The molecule has 6 nitrogen and oxygen atoms in total. The van der Waals surface area contributed by atoms with E-state index in [9.17, 15) is 8.78 Å². The zero-order chi connectivity index (χ0) is 20.1. The first kappa shape index (κ1) is 18.3. The molecule has 4 rings (SSSR count). The van der Waals surface area contributed by atoms with Crippen LogP contribution in [0.1, 0.15) is 0 Å². The summed E-state index contributed by atoms with van der Waals surface area (Å²) < 4.78 is 32.8. The molecule has 0 atom stereocenters. The summed E-state index contributed by atoms with van der Waals surface area (Å²) in [4.78, 5) is 4.26. The lowest BCUT2D eigenvalue weighted by Gasteiger charge is -2.13. The monoisotopic (exact) mass is 391 g/mol. The van der Waals surface area contributed by atoms with E-state index in [1.807, 2.05) is 54.6 Å². The van der Waals surface area contributed by atoms with Crippen molar-refractivity contribution in [3.05, 3.63) is 90.6 Å². The summed E-state index contributed by atoms with van der Waals surface area (Å²) in [5, 5.41) is 13.5. The van der Waals surface area contributed by atoms with Gasteiger partial charge in [0.25, 0.3) is 0 Å². The lowest BCUT2D eigenvalue weighted by Crippen LogP contribution is -2.04. The van der Waals surface area contributed by atoms with Crippen molar-refractivity contribution < 1.29 is 13.5 Å². The quantitative estimate of drug-likeness (QED) is 0.457. The molecule has 0 unspecified atom stereocenters. The Kier molecular flexibility index (Phi) is 5.24. The maximum atomic E-state index is 13.8. The third kappa shape index (κ3) is 4.62. The minimum atomic E-state index is -0.756. The van der Waals surface area contributed by atoms with Crippen LogP contribution < -0.4 is 15.4 Å². The fraction of sp³-hybridized carbons (Fsp3) is 0. The normalized spacial score (nSPS) is 10.4. The van der Waals surface area contributed by atoms with Crippen LogP contribution in [0.4, 0.5) is 31.9 Å². The molecule has 1 heterocycles. The predicted octanol–water partition coefficient (Wildman–Crippen LogP) is 5.43. The fourth-order valence-electron chi connectivity index (χ4n) is 2.54. The standard InChI is InChI=1S/C21H15F2N5O/c22-14-10-11-17(16(23)12-14)26-21-27-20(13-24-28-21)25-18-8-4-5-9-19(18)29-15-6-2-1-3-7-15/h1-13H,(H2,25,26,27,28). The highest BCUT2D eigenvalue weighted by atomic mass is 19.1. The number of anilines is 4. The fourth-order valence-corrected chi connectivity index (χ4v) is 2.54. The molecule has 0 saturated heterocycles. The highest BCUT2D eigenvalue weighted by Gasteiger charge is 2.09. The Bertz CT molecular complexity index is 1120. The molecule has 0 spiro atoms. The Balaban J connectivity index is 1.54. The van der Waals surface area contributed by atoms with Gasteiger partial charge < -0.3 is 15.4 Å². The Hall–Kier alpha value is -4.07. The van der Waals surface area contributed by atoms with Gasteiger partial charge in [-0.2, -0.15) is 10.1 Å². The number of benzene rings is 3. The molecular weight excluding hydrogens is 376 g/mol. The van der Waals surface area contributed by atoms with Crippen molar-refractivity contribution in [3.63, 3.8) is 0 Å². The molecule has 0 fully saturated rings. The zero-order valence-electron chi connectivity index (χ0n) is 15.0. The first-order valence-electron chi connectivity index (χ1n) is 8.68. The van der Waals surface area contributed by atoms with E-state index in [-0.39, 0.29) is 11.6 Å². The van der Waals surface area contributed by atoms with Gasteiger partial charge in [-0.15, -0.1) is 5.10 Å². The molecule has 2 N–H and O–H groups in total. The van der Waals surface area contributed by atoms with Crippen molar-refractivity contribution >= 4 is 23.1 Å². The number of halogens is 2. The van der Waals surface area contributed by atoms with Crippen molar-refractivity contribution in [2.45, 2.75) is 0 Å². The molecule has 0 amide bonds. The van der Waals surface area contributed by atoms with Gasteiger partial charge in [0.1, 0.15) is 17.4 Å². The third-order valence-corrected chi connectivity index (χ3v) is 3.86. The SMILES string of the molecule is Fc1ccc(Nc2nncc(Nc3ccccc3Oc3ccccc3)n2)c(F)c1. The van der Waals surface area contributed by atoms with Gasteiger partial charge in [-0.3, -0.25) is 0 Å². The molecular formula is C21H15F2N5O. The van der Waals surface area contributed by atoms with E-state index >= 15 is 0 Å². The Morgan fingerprint density at radius 3 is 2.41 bits per heavy atom. The molecule has 1 aromatic heterocycles. The van der Waals surface area contributed by atoms with Crippen LogP contribution in [0.5, 0.6) is 11.5 Å². The molecule has 0 aliphatic carbocycles. The highest BCUT2D eigenvalue weighted by Crippen LogP contribution is 2.31. The van der Waals surface area contributed by atoms with Crippen LogP contribution >= 0.6 is 0 Å². The Morgan fingerprint density at radius 1 is 0.793 bits per heavy atom. The Morgan fingerprint density at radius 2 is 1.59 bits per heavy atom. The smallest absolute Gasteiger partial charge is 0.249 e. The van der Waals surface area contributed by atoms with Gasteiger partial charge in [0.05, 0.1) is 17.6 Å². The molecule has 0 radical (unpaired) electrons. The minimum absolute atomic E-state index is 0.0400. The van der Waals surface area contributed by atoms with Gasteiger partial charge in [-0.25, -0.2) is 8.78 Å². The van der Waals surface area contributed by atoms with E-state index in [4.69, 9.17) is 4.74 Å².